The Labute approximate surface area is 126 Å². The van der Waals surface area contributed by atoms with E-state index in [-0.39, 0.29) is 11.6 Å². The monoisotopic (exact) mass is 291 g/mol. The third-order valence-corrected chi connectivity index (χ3v) is 4.90. The molecule has 1 aromatic carbocycles. The summed E-state index contributed by atoms with van der Waals surface area (Å²) in [5.41, 5.74) is 1.10. The van der Waals surface area contributed by atoms with Crippen LogP contribution in [0, 0.1) is 0 Å². The van der Waals surface area contributed by atoms with E-state index in [1.165, 1.54) is 19.3 Å². The van der Waals surface area contributed by atoms with Gasteiger partial charge in [0.1, 0.15) is 22.8 Å². The van der Waals surface area contributed by atoms with Gasteiger partial charge in [0.05, 0.1) is 19.8 Å². The minimum atomic E-state index is -0.0176. The first-order valence-electron chi connectivity index (χ1n) is 7.83. The van der Waals surface area contributed by atoms with Crippen molar-refractivity contribution in [2.24, 2.45) is 0 Å². The predicted octanol–water partition coefficient (Wildman–Crippen LogP) is 3.45. The van der Waals surface area contributed by atoms with Crippen molar-refractivity contribution in [1.29, 1.82) is 0 Å². The zero-order valence-electron chi connectivity index (χ0n) is 13.2. The molecule has 4 heteroatoms. The molecule has 4 nitrogen and oxygen atoms in total. The molecule has 2 aliphatic rings. The number of hydrogen-bond acceptors (Lipinski definition) is 4. The van der Waals surface area contributed by atoms with E-state index in [9.17, 15) is 0 Å². The number of benzene rings is 1. The maximum atomic E-state index is 6.48. The highest BCUT2D eigenvalue weighted by molar-refractivity contribution is 5.53. The molecule has 0 aromatic heterocycles. The number of rotatable bonds is 3. The van der Waals surface area contributed by atoms with E-state index in [2.05, 4.69) is 5.32 Å². The van der Waals surface area contributed by atoms with Crippen LogP contribution in [-0.4, -0.2) is 26.9 Å². The molecule has 1 aromatic rings. The standard InChI is InChI=1S/C17H25NO3/c1-18-13-11-17(7-5-4-6-8-17)21-15-10-12(19-2)9-14(20-3)16(13)15/h9-10,13,18H,4-8,11H2,1-3H3. The van der Waals surface area contributed by atoms with Crippen LogP contribution in [0.4, 0.5) is 0 Å². The van der Waals surface area contributed by atoms with Gasteiger partial charge >= 0.3 is 0 Å². The van der Waals surface area contributed by atoms with Crippen LogP contribution in [0.15, 0.2) is 12.1 Å². The molecule has 0 radical (unpaired) electrons. The molecule has 0 bridgehead atoms. The summed E-state index contributed by atoms with van der Waals surface area (Å²) < 4.78 is 17.4. The molecule has 0 saturated heterocycles. The van der Waals surface area contributed by atoms with Crippen molar-refractivity contribution < 1.29 is 14.2 Å². The first kappa shape index (κ1) is 14.5. The Hall–Kier alpha value is -1.42. The zero-order valence-corrected chi connectivity index (χ0v) is 13.2. The molecular formula is C17H25NO3. The molecule has 1 fully saturated rings. The molecule has 3 rings (SSSR count). The normalized spacial score (nSPS) is 23.3. The number of hydrogen-bond donors (Lipinski definition) is 1. The molecule has 1 heterocycles. The largest absolute Gasteiger partial charge is 0.496 e. The Morgan fingerprint density at radius 1 is 1.14 bits per heavy atom. The van der Waals surface area contributed by atoms with E-state index in [0.717, 1.165) is 42.1 Å². The van der Waals surface area contributed by atoms with Gasteiger partial charge in [-0.3, -0.25) is 0 Å². The molecule has 0 amide bonds. The molecule has 1 atom stereocenters. The lowest BCUT2D eigenvalue weighted by Crippen LogP contribution is -2.45. The van der Waals surface area contributed by atoms with Crippen LogP contribution in [0.3, 0.4) is 0 Å². The van der Waals surface area contributed by atoms with Gasteiger partial charge in [-0.1, -0.05) is 6.42 Å². The first-order chi connectivity index (χ1) is 10.2. The third kappa shape index (κ3) is 2.57. The van der Waals surface area contributed by atoms with Crippen LogP contribution >= 0.6 is 0 Å². The van der Waals surface area contributed by atoms with E-state index >= 15 is 0 Å². The summed E-state index contributed by atoms with van der Waals surface area (Å²) in [5, 5.41) is 3.44. The lowest BCUT2D eigenvalue weighted by Gasteiger charge is -2.45. The highest BCUT2D eigenvalue weighted by atomic mass is 16.5. The van der Waals surface area contributed by atoms with Crippen molar-refractivity contribution in [3.8, 4) is 17.2 Å². The minimum Gasteiger partial charge on any atom is -0.496 e. The van der Waals surface area contributed by atoms with E-state index < -0.39 is 0 Å². The van der Waals surface area contributed by atoms with Gasteiger partial charge in [-0.2, -0.15) is 0 Å². The van der Waals surface area contributed by atoms with E-state index in [4.69, 9.17) is 14.2 Å². The fraction of sp³-hybridized carbons (Fsp3) is 0.647. The van der Waals surface area contributed by atoms with Gasteiger partial charge in [-0.15, -0.1) is 0 Å². The minimum absolute atomic E-state index is 0.0176. The van der Waals surface area contributed by atoms with Gasteiger partial charge in [0.25, 0.3) is 0 Å². The maximum absolute atomic E-state index is 6.48. The average molecular weight is 291 g/mol. The maximum Gasteiger partial charge on any atom is 0.132 e. The highest BCUT2D eigenvalue weighted by Crippen LogP contribution is 2.50. The quantitative estimate of drug-likeness (QED) is 0.926. The van der Waals surface area contributed by atoms with Crippen LogP contribution in [0.5, 0.6) is 17.2 Å². The smallest absolute Gasteiger partial charge is 0.132 e. The summed E-state index contributed by atoms with van der Waals surface area (Å²) in [5.74, 6) is 2.54. The van der Waals surface area contributed by atoms with Crippen LogP contribution in [-0.2, 0) is 0 Å². The Kier molecular flexibility index (Phi) is 3.98. The van der Waals surface area contributed by atoms with Crippen LogP contribution in [0.2, 0.25) is 0 Å². The van der Waals surface area contributed by atoms with Crippen molar-refractivity contribution in [3.63, 3.8) is 0 Å². The van der Waals surface area contributed by atoms with Crippen molar-refractivity contribution in [2.75, 3.05) is 21.3 Å². The molecule has 1 spiro atoms. The van der Waals surface area contributed by atoms with E-state index in [1.54, 1.807) is 14.2 Å². The summed E-state index contributed by atoms with van der Waals surface area (Å²) >= 11 is 0. The summed E-state index contributed by atoms with van der Waals surface area (Å²) in [7, 11) is 5.39. The fourth-order valence-electron chi connectivity index (χ4n) is 3.79. The third-order valence-electron chi connectivity index (χ3n) is 4.90. The number of ether oxygens (including phenoxy) is 3. The van der Waals surface area contributed by atoms with Gasteiger partial charge in [0.15, 0.2) is 0 Å². The molecule has 1 aliphatic carbocycles. The zero-order chi connectivity index (χ0) is 14.9. The van der Waals surface area contributed by atoms with Gasteiger partial charge in [-0.05, 0) is 32.7 Å². The Morgan fingerprint density at radius 3 is 2.52 bits per heavy atom. The topological polar surface area (TPSA) is 39.7 Å². The van der Waals surface area contributed by atoms with Gasteiger partial charge in [-0.25, -0.2) is 0 Å². The Balaban J connectivity index is 2.04. The average Bonchev–Trinajstić information content (AvgIpc) is 2.53. The Bertz CT molecular complexity index is 509. The van der Waals surface area contributed by atoms with Gasteiger partial charge in [0.2, 0.25) is 0 Å². The summed E-state index contributed by atoms with van der Waals surface area (Å²) in [6, 6.07) is 4.20. The second-order valence-electron chi connectivity index (χ2n) is 6.13. The molecule has 1 unspecified atom stereocenters. The summed E-state index contributed by atoms with van der Waals surface area (Å²) in [6.45, 7) is 0. The molecular weight excluding hydrogens is 266 g/mol. The Morgan fingerprint density at radius 2 is 1.90 bits per heavy atom. The molecule has 1 aliphatic heterocycles. The second-order valence-corrected chi connectivity index (χ2v) is 6.13. The lowest BCUT2D eigenvalue weighted by molar-refractivity contribution is -0.00264. The molecule has 1 saturated carbocycles. The number of fused-ring (bicyclic) bond motifs is 1. The number of nitrogens with one attached hydrogen (secondary N) is 1. The fourth-order valence-corrected chi connectivity index (χ4v) is 3.79. The van der Waals surface area contributed by atoms with Gasteiger partial charge < -0.3 is 19.5 Å². The van der Waals surface area contributed by atoms with Crippen molar-refractivity contribution in [3.05, 3.63) is 17.7 Å². The molecule has 21 heavy (non-hydrogen) atoms. The predicted molar refractivity (Wildman–Crippen MR) is 82.4 cm³/mol. The van der Waals surface area contributed by atoms with Crippen LogP contribution in [0.1, 0.15) is 50.1 Å². The van der Waals surface area contributed by atoms with Crippen LogP contribution < -0.4 is 19.5 Å². The molecule has 1 N–H and O–H groups in total. The second kappa shape index (κ2) is 5.76. The van der Waals surface area contributed by atoms with Crippen molar-refractivity contribution in [1.82, 2.24) is 5.32 Å². The summed E-state index contributed by atoms with van der Waals surface area (Å²) in [6.07, 6.45) is 7.14. The van der Waals surface area contributed by atoms with E-state index in [0.29, 0.717) is 0 Å². The van der Waals surface area contributed by atoms with Crippen LogP contribution in [0.25, 0.3) is 0 Å². The highest BCUT2D eigenvalue weighted by Gasteiger charge is 2.42. The SMILES string of the molecule is CNC1CC2(CCCCC2)Oc2cc(OC)cc(OC)c21. The lowest BCUT2D eigenvalue weighted by atomic mass is 9.77. The van der Waals surface area contributed by atoms with Gasteiger partial charge in [0, 0.05) is 24.6 Å². The van der Waals surface area contributed by atoms with Crippen molar-refractivity contribution >= 4 is 0 Å². The number of methoxy groups -OCH3 is 2. The van der Waals surface area contributed by atoms with Crippen molar-refractivity contribution in [2.45, 2.75) is 50.2 Å². The first-order valence-corrected chi connectivity index (χ1v) is 7.83. The summed E-state index contributed by atoms with van der Waals surface area (Å²) in [4.78, 5) is 0. The molecule has 116 valence electrons. The van der Waals surface area contributed by atoms with E-state index in [1.807, 2.05) is 19.2 Å².